The Morgan fingerprint density at radius 2 is 2.19 bits per heavy atom. The predicted octanol–water partition coefficient (Wildman–Crippen LogP) is 1.78. The Hall–Kier alpha value is -1.82. The fourth-order valence-corrected chi connectivity index (χ4v) is 3.57. The van der Waals surface area contributed by atoms with Crippen molar-refractivity contribution >= 4 is 17.3 Å². The molecule has 2 aliphatic heterocycles. The summed E-state index contributed by atoms with van der Waals surface area (Å²) in [5.74, 6) is -1.86. The van der Waals surface area contributed by atoms with Gasteiger partial charge in [-0.2, -0.15) is 0 Å². The number of aromatic carboxylic acids is 1. The summed E-state index contributed by atoms with van der Waals surface area (Å²) in [5, 5.41) is 9.39. The fraction of sp³-hybridized carbons (Fsp3) is 0.533. The number of halogens is 1. The van der Waals surface area contributed by atoms with Crippen molar-refractivity contribution in [3.8, 4) is 0 Å². The van der Waals surface area contributed by atoms with Crippen LogP contribution in [0.1, 0.15) is 30.1 Å². The van der Waals surface area contributed by atoms with Gasteiger partial charge in [0.25, 0.3) is 0 Å². The highest BCUT2D eigenvalue weighted by molar-refractivity contribution is 6.00. The first kappa shape index (κ1) is 14.1. The molecule has 0 amide bonds. The number of hydrogen-bond acceptors (Lipinski definition) is 4. The van der Waals surface area contributed by atoms with Gasteiger partial charge in [-0.15, -0.1) is 0 Å². The third-order valence-electron chi connectivity index (χ3n) is 4.63. The summed E-state index contributed by atoms with van der Waals surface area (Å²) in [6.07, 6.45) is 2.31. The molecule has 1 aromatic carbocycles. The van der Waals surface area contributed by atoms with Gasteiger partial charge in [0, 0.05) is 25.2 Å². The Balaban J connectivity index is 1.99. The minimum absolute atomic E-state index is 0.117. The first-order valence-electron chi connectivity index (χ1n) is 7.31. The van der Waals surface area contributed by atoms with Gasteiger partial charge in [-0.1, -0.05) is 0 Å². The zero-order chi connectivity index (χ0) is 15.1. The summed E-state index contributed by atoms with van der Waals surface area (Å²) in [7, 11) is 0. The molecule has 0 radical (unpaired) electrons. The maximum absolute atomic E-state index is 13.6. The molecule has 3 N–H and O–H groups in total. The number of hydrogen-bond donors (Lipinski definition) is 2. The van der Waals surface area contributed by atoms with Crippen LogP contribution in [0.2, 0.25) is 0 Å². The lowest BCUT2D eigenvalue weighted by Crippen LogP contribution is -2.55. The van der Waals surface area contributed by atoms with E-state index in [9.17, 15) is 14.3 Å². The highest BCUT2D eigenvalue weighted by atomic mass is 19.1. The molecule has 2 fully saturated rings. The number of piperazine rings is 1. The molecule has 0 bridgehead atoms. The number of nitrogens with two attached hydrogens (primary N) is 1. The molecule has 2 aliphatic rings. The van der Waals surface area contributed by atoms with E-state index in [1.54, 1.807) is 0 Å². The molecule has 0 aliphatic carbocycles. The van der Waals surface area contributed by atoms with Crippen LogP contribution in [0.3, 0.4) is 0 Å². The molecule has 0 spiro atoms. The molecule has 21 heavy (non-hydrogen) atoms. The molecule has 2 unspecified atom stereocenters. The van der Waals surface area contributed by atoms with Gasteiger partial charge in [-0.25, -0.2) is 9.18 Å². The van der Waals surface area contributed by atoms with Crippen LogP contribution in [0.4, 0.5) is 15.8 Å². The fourth-order valence-electron chi connectivity index (χ4n) is 3.57. The van der Waals surface area contributed by atoms with Gasteiger partial charge < -0.3 is 15.7 Å². The summed E-state index contributed by atoms with van der Waals surface area (Å²) in [6.45, 7) is 4.85. The predicted molar refractivity (Wildman–Crippen MR) is 79.2 cm³/mol. The monoisotopic (exact) mass is 293 g/mol. The third-order valence-corrected chi connectivity index (χ3v) is 4.63. The van der Waals surface area contributed by atoms with E-state index in [0.29, 0.717) is 11.7 Å². The van der Waals surface area contributed by atoms with Gasteiger partial charge >= 0.3 is 5.97 Å². The number of carboxylic acids is 1. The molecule has 0 saturated carbocycles. The zero-order valence-corrected chi connectivity index (χ0v) is 12.1. The van der Waals surface area contributed by atoms with E-state index < -0.39 is 11.8 Å². The highest BCUT2D eigenvalue weighted by Gasteiger charge is 2.36. The van der Waals surface area contributed by atoms with E-state index in [2.05, 4.69) is 16.7 Å². The van der Waals surface area contributed by atoms with E-state index in [0.717, 1.165) is 26.1 Å². The summed E-state index contributed by atoms with van der Waals surface area (Å²) < 4.78 is 13.6. The summed E-state index contributed by atoms with van der Waals surface area (Å²) >= 11 is 0. The van der Waals surface area contributed by atoms with Gasteiger partial charge in [0.2, 0.25) is 0 Å². The topological polar surface area (TPSA) is 69.8 Å². The van der Waals surface area contributed by atoms with Crippen LogP contribution in [0.15, 0.2) is 12.1 Å². The minimum atomic E-state index is -1.18. The highest BCUT2D eigenvalue weighted by Crippen LogP contribution is 2.33. The quantitative estimate of drug-likeness (QED) is 0.813. The minimum Gasteiger partial charge on any atom is -0.478 e. The number of rotatable bonds is 2. The van der Waals surface area contributed by atoms with Crippen LogP contribution in [0.5, 0.6) is 0 Å². The third kappa shape index (κ3) is 2.33. The largest absolute Gasteiger partial charge is 0.478 e. The molecule has 6 heteroatoms. The molecule has 2 saturated heterocycles. The summed E-state index contributed by atoms with van der Waals surface area (Å²) in [6, 6.07) is 3.43. The normalized spacial score (nSPS) is 25.9. The Morgan fingerprint density at radius 3 is 2.90 bits per heavy atom. The van der Waals surface area contributed by atoms with Gasteiger partial charge in [-0.05, 0) is 38.4 Å². The molecule has 2 heterocycles. The molecular formula is C15H20FN3O2. The molecule has 0 aromatic heterocycles. The average molecular weight is 293 g/mol. The number of fused-ring (bicyclic) bond motifs is 1. The number of anilines is 2. The van der Waals surface area contributed by atoms with Crippen molar-refractivity contribution in [2.45, 2.75) is 31.8 Å². The Labute approximate surface area is 123 Å². The molecule has 3 rings (SSSR count). The lowest BCUT2D eigenvalue weighted by atomic mass is 10.0. The van der Waals surface area contributed by atoms with Crippen LogP contribution >= 0.6 is 0 Å². The Morgan fingerprint density at radius 1 is 1.43 bits per heavy atom. The second-order valence-electron chi connectivity index (χ2n) is 5.95. The van der Waals surface area contributed by atoms with E-state index >= 15 is 0 Å². The number of carboxylic acid groups (broad SMARTS) is 1. The second-order valence-corrected chi connectivity index (χ2v) is 5.95. The van der Waals surface area contributed by atoms with Crippen molar-refractivity contribution < 1.29 is 14.3 Å². The molecule has 114 valence electrons. The van der Waals surface area contributed by atoms with E-state index in [1.165, 1.54) is 18.6 Å². The van der Waals surface area contributed by atoms with Crippen molar-refractivity contribution in [3.63, 3.8) is 0 Å². The van der Waals surface area contributed by atoms with Gasteiger partial charge in [0.05, 0.1) is 11.4 Å². The lowest BCUT2D eigenvalue weighted by molar-refractivity contribution is 0.0697. The van der Waals surface area contributed by atoms with Crippen LogP contribution in [0.25, 0.3) is 0 Å². The maximum atomic E-state index is 13.6. The van der Waals surface area contributed by atoms with Crippen molar-refractivity contribution in [2.24, 2.45) is 0 Å². The summed E-state index contributed by atoms with van der Waals surface area (Å²) in [5.41, 5.74) is 5.78. The second kappa shape index (κ2) is 5.18. The Bertz CT molecular complexity index is 578. The van der Waals surface area contributed by atoms with Gasteiger partial charge in [0.15, 0.2) is 0 Å². The number of nitrogens with zero attached hydrogens (tertiary/aromatic N) is 2. The summed E-state index contributed by atoms with van der Waals surface area (Å²) in [4.78, 5) is 16.0. The van der Waals surface area contributed by atoms with Gasteiger partial charge in [-0.3, -0.25) is 4.90 Å². The first-order valence-corrected chi connectivity index (χ1v) is 7.31. The van der Waals surface area contributed by atoms with Crippen LogP contribution in [0, 0.1) is 5.82 Å². The number of nitrogen functional groups attached to an aromatic ring is 1. The van der Waals surface area contributed by atoms with E-state index in [4.69, 9.17) is 5.73 Å². The molecule has 2 atom stereocenters. The lowest BCUT2D eigenvalue weighted by Gasteiger charge is -2.44. The van der Waals surface area contributed by atoms with Crippen LogP contribution in [-0.4, -0.2) is 47.7 Å². The van der Waals surface area contributed by atoms with Gasteiger partial charge in [0.1, 0.15) is 11.4 Å². The van der Waals surface area contributed by atoms with Crippen molar-refractivity contribution in [3.05, 3.63) is 23.5 Å². The molecule has 1 aromatic rings. The number of benzene rings is 1. The maximum Gasteiger partial charge on any atom is 0.340 e. The van der Waals surface area contributed by atoms with Crippen molar-refractivity contribution in [1.29, 1.82) is 0 Å². The standard InChI is InChI=1S/C15H20FN3O2/c1-9-7-18-6-2-3-10(18)8-19(9)12-5-4-11(16)14(17)13(12)15(20)21/h4-5,9-10H,2-3,6-8,17H2,1H3,(H,20,21). The van der Waals surface area contributed by atoms with E-state index in [1.807, 2.05) is 0 Å². The number of carbonyl (C=O) groups is 1. The van der Waals surface area contributed by atoms with Crippen molar-refractivity contribution in [1.82, 2.24) is 4.90 Å². The zero-order valence-electron chi connectivity index (χ0n) is 12.1. The van der Waals surface area contributed by atoms with E-state index in [-0.39, 0.29) is 17.3 Å². The molecular weight excluding hydrogens is 273 g/mol. The SMILES string of the molecule is CC1CN2CCCC2CN1c1ccc(F)c(N)c1C(=O)O. The smallest absolute Gasteiger partial charge is 0.340 e. The van der Waals surface area contributed by atoms with Crippen molar-refractivity contribution in [2.75, 3.05) is 30.3 Å². The van der Waals surface area contributed by atoms with Crippen LogP contribution in [-0.2, 0) is 0 Å². The Kier molecular flexibility index (Phi) is 3.49. The first-order chi connectivity index (χ1) is 9.99. The van der Waals surface area contributed by atoms with Crippen LogP contribution < -0.4 is 10.6 Å². The average Bonchev–Trinajstić information content (AvgIpc) is 2.87. The molecule has 5 nitrogen and oxygen atoms in total.